The smallest absolute Gasteiger partial charge is 0.323 e. The highest BCUT2D eigenvalue weighted by Crippen LogP contribution is 2.18. The number of hydrogen-bond donors (Lipinski definition) is 1. The number of nitrogens with one attached hydrogen (secondary N) is 1. The molecule has 0 radical (unpaired) electrons. The number of esters is 1. The van der Waals surface area contributed by atoms with Crippen LogP contribution in [-0.4, -0.2) is 18.6 Å². The highest BCUT2D eigenvalue weighted by atomic mass is 79.9. The van der Waals surface area contributed by atoms with Crippen molar-refractivity contribution < 1.29 is 9.53 Å². The molecule has 4 heteroatoms. The zero-order valence-electron chi connectivity index (χ0n) is 11.8. The van der Waals surface area contributed by atoms with Crippen molar-refractivity contribution in [2.75, 3.05) is 6.61 Å². The molecule has 0 spiro atoms. The number of carbonyl (C=O) groups excluding carboxylic acids is 1. The maximum Gasteiger partial charge on any atom is 0.323 e. The summed E-state index contributed by atoms with van der Waals surface area (Å²) >= 11 is 3.42. The Morgan fingerprint density at radius 2 is 1.95 bits per heavy atom. The Hall–Kier alpha value is -0.870. The molecular formula is C15H22BrNO2. The van der Waals surface area contributed by atoms with Crippen LogP contribution >= 0.6 is 15.9 Å². The van der Waals surface area contributed by atoms with E-state index in [2.05, 4.69) is 47.2 Å². The fourth-order valence-electron chi connectivity index (χ4n) is 1.95. The van der Waals surface area contributed by atoms with E-state index >= 15 is 0 Å². The summed E-state index contributed by atoms with van der Waals surface area (Å²) < 4.78 is 6.16. The molecule has 0 heterocycles. The van der Waals surface area contributed by atoms with Gasteiger partial charge in [0.15, 0.2) is 0 Å². The summed E-state index contributed by atoms with van der Waals surface area (Å²) in [5.41, 5.74) is 1.16. The topological polar surface area (TPSA) is 38.3 Å². The number of ether oxygens (including phenoxy) is 1. The number of benzene rings is 1. The molecule has 2 atom stereocenters. The standard InChI is InChI=1S/C15H22BrNO2/c1-4-6-14(15(18)19-5-2)17-11(3)12-7-9-13(16)10-8-12/h7-11,14,17H,4-6H2,1-3H3. The second-order valence-electron chi connectivity index (χ2n) is 4.53. The quantitative estimate of drug-likeness (QED) is 0.773. The molecule has 0 aliphatic carbocycles. The van der Waals surface area contributed by atoms with Gasteiger partial charge in [-0.25, -0.2) is 0 Å². The van der Waals surface area contributed by atoms with Crippen LogP contribution in [-0.2, 0) is 9.53 Å². The second-order valence-corrected chi connectivity index (χ2v) is 5.45. The van der Waals surface area contributed by atoms with Crippen molar-refractivity contribution in [3.63, 3.8) is 0 Å². The first-order valence-corrected chi connectivity index (χ1v) is 7.55. The molecule has 0 saturated heterocycles. The first-order valence-electron chi connectivity index (χ1n) is 6.76. The Bertz CT molecular complexity index is 392. The predicted octanol–water partition coefficient (Wildman–Crippen LogP) is 3.83. The van der Waals surface area contributed by atoms with Crippen LogP contribution in [0, 0.1) is 0 Å². The van der Waals surface area contributed by atoms with Crippen LogP contribution in [0.1, 0.15) is 45.2 Å². The van der Waals surface area contributed by atoms with E-state index in [0.29, 0.717) is 6.61 Å². The van der Waals surface area contributed by atoms with Crippen molar-refractivity contribution in [3.05, 3.63) is 34.3 Å². The van der Waals surface area contributed by atoms with Gasteiger partial charge in [-0.1, -0.05) is 41.4 Å². The van der Waals surface area contributed by atoms with Crippen molar-refractivity contribution in [1.29, 1.82) is 0 Å². The van der Waals surface area contributed by atoms with Gasteiger partial charge in [0.1, 0.15) is 6.04 Å². The van der Waals surface area contributed by atoms with E-state index in [1.165, 1.54) is 0 Å². The maximum absolute atomic E-state index is 11.9. The molecule has 19 heavy (non-hydrogen) atoms. The van der Waals surface area contributed by atoms with Crippen LogP contribution in [0.25, 0.3) is 0 Å². The Kier molecular flexibility index (Phi) is 7.10. The molecule has 1 aromatic carbocycles. The van der Waals surface area contributed by atoms with Crippen LogP contribution in [0.2, 0.25) is 0 Å². The molecular weight excluding hydrogens is 306 g/mol. The number of hydrogen-bond acceptors (Lipinski definition) is 3. The van der Waals surface area contributed by atoms with Crippen LogP contribution < -0.4 is 5.32 Å². The summed E-state index contributed by atoms with van der Waals surface area (Å²) in [6, 6.07) is 8.00. The van der Waals surface area contributed by atoms with Crippen molar-refractivity contribution in [2.45, 2.75) is 45.7 Å². The molecule has 2 unspecified atom stereocenters. The van der Waals surface area contributed by atoms with Crippen LogP contribution in [0.15, 0.2) is 28.7 Å². The van der Waals surface area contributed by atoms with Gasteiger partial charge >= 0.3 is 5.97 Å². The van der Waals surface area contributed by atoms with Gasteiger partial charge in [-0.2, -0.15) is 0 Å². The minimum Gasteiger partial charge on any atom is -0.465 e. The third-order valence-electron chi connectivity index (χ3n) is 2.97. The Morgan fingerprint density at radius 3 is 2.47 bits per heavy atom. The SMILES string of the molecule is CCCC(NC(C)c1ccc(Br)cc1)C(=O)OCC. The lowest BCUT2D eigenvalue weighted by Gasteiger charge is -2.22. The van der Waals surface area contributed by atoms with Crippen molar-refractivity contribution >= 4 is 21.9 Å². The van der Waals surface area contributed by atoms with Crippen LogP contribution in [0.5, 0.6) is 0 Å². The lowest BCUT2D eigenvalue weighted by atomic mass is 10.1. The average molecular weight is 328 g/mol. The van der Waals surface area contributed by atoms with E-state index in [9.17, 15) is 4.79 Å². The van der Waals surface area contributed by atoms with E-state index in [1.807, 2.05) is 19.1 Å². The van der Waals surface area contributed by atoms with E-state index in [0.717, 1.165) is 22.9 Å². The molecule has 0 aliphatic rings. The Balaban J connectivity index is 2.67. The summed E-state index contributed by atoms with van der Waals surface area (Å²) in [4.78, 5) is 11.9. The van der Waals surface area contributed by atoms with Gasteiger partial charge < -0.3 is 4.74 Å². The summed E-state index contributed by atoms with van der Waals surface area (Å²) in [7, 11) is 0. The molecule has 0 fully saturated rings. The molecule has 106 valence electrons. The molecule has 0 saturated carbocycles. The highest BCUT2D eigenvalue weighted by molar-refractivity contribution is 9.10. The second kappa shape index (κ2) is 8.33. The van der Waals surface area contributed by atoms with Crippen LogP contribution in [0.4, 0.5) is 0 Å². The molecule has 0 aromatic heterocycles. The van der Waals surface area contributed by atoms with Gasteiger partial charge in [0.2, 0.25) is 0 Å². The fourth-order valence-corrected chi connectivity index (χ4v) is 2.21. The van der Waals surface area contributed by atoms with Crippen molar-refractivity contribution in [3.8, 4) is 0 Å². The molecule has 1 N–H and O–H groups in total. The summed E-state index contributed by atoms with van der Waals surface area (Å²) in [6.07, 6.45) is 1.74. The zero-order valence-corrected chi connectivity index (χ0v) is 13.4. The van der Waals surface area contributed by atoms with Gasteiger partial charge in [-0.3, -0.25) is 10.1 Å². The monoisotopic (exact) mass is 327 g/mol. The molecule has 3 nitrogen and oxygen atoms in total. The molecule has 1 rings (SSSR count). The van der Waals surface area contributed by atoms with E-state index in [4.69, 9.17) is 4.74 Å². The minimum atomic E-state index is -0.233. The van der Waals surface area contributed by atoms with Gasteiger partial charge in [-0.15, -0.1) is 0 Å². The third kappa shape index (κ3) is 5.33. The number of rotatable bonds is 7. The third-order valence-corrected chi connectivity index (χ3v) is 3.50. The maximum atomic E-state index is 11.9. The lowest BCUT2D eigenvalue weighted by molar-refractivity contribution is -0.146. The van der Waals surface area contributed by atoms with Crippen LogP contribution in [0.3, 0.4) is 0 Å². The Labute approximate surface area is 123 Å². The molecule has 0 bridgehead atoms. The van der Waals surface area contributed by atoms with E-state index in [-0.39, 0.29) is 18.1 Å². The van der Waals surface area contributed by atoms with Gasteiger partial charge in [0.05, 0.1) is 6.61 Å². The first-order chi connectivity index (χ1) is 9.08. The van der Waals surface area contributed by atoms with E-state index < -0.39 is 0 Å². The molecule has 1 aromatic rings. The van der Waals surface area contributed by atoms with E-state index in [1.54, 1.807) is 0 Å². The lowest BCUT2D eigenvalue weighted by Crippen LogP contribution is -2.39. The van der Waals surface area contributed by atoms with Crippen molar-refractivity contribution in [1.82, 2.24) is 5.32 Å². The Morgan fingerprint density at radius 1 is 1.32 bits per heavy atom. The minimum absolute atomic E-state index is 0.119. The summed E-state index contributed by atoms with van der Waals surface area (Å²) in [5, 5.41) is 3.35. The number of carbonyl (C=O) groups is 1. The zero-order chi connectivity index (χ0) is 14.3. The molecule has 0 aliphatic heterocycles. The average Bonchev–Trinajstić information content (AvgIpc) is 2.39. The fraction of sp³-hybridized carbons (Fsp3) is 0.533. The molecule has 0 amide bonds. The summed E-state index contributed by atoms with van der Waals surface area (Å²) in [6.45, 7) is 6.38. The predicted molar refractivity (Wildman–Crippen MR) is 81.0 cm³/mol. The highest BCUT2D eigenvalue weighted by Gasteiger charge is 2.21. The first kappa shape index (κ1) is 16.2. The normalized spacial score (nSPS) is 13.9. The summed E-state index contributed by atoms with van der Waals surface area (Å²) in [5.74, 6) is -0.159. The van der Waals surface area contributed by atoms with Gasteiger partial charge in [0.25, 0.3) is 0 Å². The number of halogens is 1. The van der Waals surface area contributed by atoms with Crippen molar-refractivity contribution in [2.24, 2.45) is 0 Å². The van der Waals surface area contributed by atoms with Gasteiger partial charge in [0, 0.05) is 10.5 Å². The largest absolute Gasteiger partial charge is 0.465 e. The van der Waals surface area contributed by atoms with Gasteiger partial charge in [-0.05, 0) is 38.0 Å².